The van der Waals surface area contributed by atoms with Gasteiger partial charge in [-0.05, 0) is 30.9 Å². The second-order valence-electron chi connectivity index (χ2n) is 8.22. The van der Waals surface area contributed by atoms with Crippen LogP contribution >= 0.6 is 0 Å². The zero-order chi connectivity index (χ0) is 26.2. The number of aryl methyl sites for hydroxylation is 1. The number of nitrogens with one attached hydrogen (secondary N) is 1. The number of benzene rings is 2. The molecule has 1 N–H and O–H groups in total. The number of hydrogen-bond donors (Lipinski definition) is 1. The summed E-state index contributed by atoms with van der Waals surface area (Å²) in [5.74, 6) is -0.917. The van der Waals surface area contributed by atoms with E-state index >= 15 is 0 Å². The molecule has 35 heavy (non-hydrogen) atoms. The molecule has 0 spiro atoms. The molecule has 2 rings (SSSR count). The largest absolute Gasteiger partial charge is 0.354 e. The van der Waals surface area contributed by atoms with Crippen molar-refractivity contribution in [1.29, 1.82) is 0 Å². The summed E-state index contributed by atoms with van der Waals surface area (Å²) in [7, 11) is -3.99. The van der Waals surface area contributed by atoms with Crippen LogP contribution in [0.4, 0.5) is 11.4 Å². The van der Waals surface area contributed by atoms with Crippen molar-refractivity contribution in [2.24, 2.45) is 0 Å². The fraction of sp³-hybridized carbons (Fsp3) is 0.417. The van der Waals surface area contributed by atoms with Crippen LogP contribution in [0.2, 0.25) is 0 Å². The smallest absolute Gasteiger partial charge is 0.271 e. The van der Waals surface area contributed by atoms with Crippen LogP contribution in [-0.2, 0) is 26.2 Å². The minimum absolute atomic E-state index is 0.0400. The Labute approximate surface area is 206 Å². The van der Waals surface area contributed by atoms with Gasteiger partial charge in [-0.25, -0.2) is 8.42 Å². The monoisotopic (exact) mass is 504 g/mol. The predicted octanol–water partition coefficient (Wildman–Crippen LogP) is 3.00. The zero-order valence-electron chi connectivity index (χ0n) is 20.4. The minimum Gasteiger partial charge on any atom is -0.354 e. The number of nitro benzene ring substituents is 1. The third-order valence-corrected chi connectivity index (χ3v) is 6.61. The lowest BCUT2D eigenvalue weighted by Gasteiger charge is -2.33. The Morgan fingerprint density at radius 2 is 1.77 bits per heavy atom. The number of hydrogen-bond acceptors (Lipinski definition) is 6. The summed E-state index contributed by atoms with van der Waals surface area (Å²) in [6.45, 7) is 5.25. The summed E-state index contributed by atoms with van der Waals surface area (Å²) < 4.78 is 26.3. The van der Waals surface area contributed by atoms with Gasteiger partial charge in [-0.1, -0.05) is 50.2 Å². The van der Waals surface area contributed by atoms with Crippen LogP contribution in [-0.4, -0.2) is 55.4 Å². The molecule has 0 fully saturated rings. The highest BCUT2D eigenvalue weighted by Gasteiger charge is 2.32. The van der Waals surface area contributed by atoms with Crippen molar-refractivity contribution < 1.29 is 22.9 Å². The van der Waals surface area contributed by atoms with Gasteiger partial charge >= 0.3 is 0 Å². The average molecular weight is 505 g/mol. The van der Waals surface area contributed by atoms with Crippen molar-refractivity contribution in [1.82, 2.24) is 10.2 Å². The van der Waals surface area contributed by atoms with Crippen LogP contribution in [0.15, 0.2) is 48.5 Å². The molecule has 0 aliphatic carbocycles. The van der Waals surface area contributed by atoms with Crippen molar-refractivity contribution in [3.05, 3.63) is 69.8 Å². The number of nitro groups is 1. The van der Waals surface area contributed by atoms with Gasteiger partial charge < -0.3 is 10.2 Å². The van der Waals surface area contributed by atoms with Gasteiger partial charge in [0, 0.05) is 25.2 Å². The molecule has 0 unspecified atom stereocenters. The zero-order valence-corrected chi connectivity index (χ0v) is 21.2. The lowest BCUT2D eigenvalue weighted by atomic mass is 10.1. The number of sulfonamides is 1. The first kappa shape index (κ1) is 27.8. The van der Waals surface area contributed by atoms with Crippen LogP contribution in [0.1, 0.15) is 37.8 Å². The van der Waals surface area contributed by atoms with Crippen molar-refractivity contribution in [3.8, 4) is 0 Å². The van der Waals surface area contributed by atoms with Gasteiger partial charge in [0.1, 0.15) is 12.6 Å². The molecule has 2 aromatic carbocycles. The molecule has 190 valence electrons. The van der Waals surface area contributed by atoms with Crippen molar-refractivity contribution in [3.63, 3.8) is 0 Å². The predicted molar refractivity (Wildman–Crippen MR) is 134 cm³/mol. The average Bonchev–Trinajstić information content (AvgIpc) is 2.81. The maximum atomic E-state index is 13.6. The lowest BCUT2D eigenvalue weighted by molar-refractivity contribution is -0.384. The molecule has 0 aromatic heterocycles. The van der Waals surface area contributed by atoms with Crippen LogP contribution in [0, 0.1) is 17.0 Å². The molecule has 0 saturated heterocycles. The Kier molecular flexibility index (Phi) is 9.76. The van der Waals surface area contributed by atoms with Gasteiger partial charge in [-0.3, -0.25) is 24.0 Å². The summed E-state index contributed by atoms with van der Waals surface area (Å²) in [5, 5.41) is 14.1. The molecule has 1 atom stereocenters. The van der Waals surface area contributed by atoms with Gasteiger partial charge in [0.2, 0.25) is 21.8 Å². The van der Waals surface area contributed by atoms with E-state index in [9.17, 15) is 28.1 Å². The Balaban J connectivity index is 2.49. The molecular weight excluding hydrogens is 472 g/mol. The standard InChI is InChI=1S/C24H32N4O6S/c1-5-14-25-24(30)21(6-2)26(16-19-10-8-7-9-11-19)23(29)17-27(35(4,33)34)22-15-20(28(31)32)13-12-18(22)3/h7-13,15,21H,5-6,14,16-17H2,1-4H3,(H,25,30)/t21-/m0/s1. The topological polar surface area (TPSA) is 130 Å². The number of carbonyl (C=O) groups is 2. The van der Waals surface area contributed by atoms with Crippen LogP contribution in [0.5, 0.6) is 0 Å². The van der Waals surface area contributed by atoms with Crippen molar-refractivity contribution in [2.45, 2.75) is 46.2 Å². The number of amides is 2. The van der Waals surface area contributed by atoms with E-state index in [0.29, 0.717) is 18.5 Å². The Hall–Kier alpha value is -3.47. The van der Waals surface area contributed by atoms with E-state index in [1.54, 1.807) is 13.8 Å². The Morgan fingerprint density at radius 3 is 2.31 bits per heavy atom. The number of non-ortho nitro benzene ring substituents is 1. The lowest BCUT2D eigenvalue weighted by Crippen LogP contribution is -2.52. The van der Waals surface area contributed by atoms with Gasteiger partial charge in [-0.15, -0.1) is 0 Å². The first-order chi connectivity index (χ1) is 16.5. The number of carbonyl (C=O) groups excluding carboxylic acids is 2. The molecular formula is C24H32N4O6S. The molecule has 0 heterocycles. The molecule has 2 amide bonds. The fourth-order valence-corrected chi connectivity index (χ4v) is 4.54. The highest BCUT2D eigenvalue weighted by atomic mass is 32.2. The summed E-state index contributed by atoms with van der Waals surface area (Å²) in [5.41, 5.74) is 0.979. The van der Waals surface area contributed by atoms with E-state index in [2.05, 4.69) is 5.32 Å². The normalized spacial score (nSPS) is 12.0. The minimum atomic E-state index is -3.99. The number of nitrogens with zero attached hydrogens (tertiary/aromatic N) is 3. The van der Waals surface area contributed by atoms with Crippen LogP contribution in [0.3, 0.4) is 0 Å². The molecule has 2 aromatic rings. The van der Waals surface area contributed by atoms with Crippen molar-refractivity contribution >= 4 is 33.2 Å². The summed E-state index contributed by atoms with van der Waals surface area (Å²) in [6, 6.07) is 12.1. The van der Waals surface area contributed by atoms with Gasteiger partial charge in [0.15, 0.2) is 0 Å². The van der Waals surface area contributed by atoms with Crippen LogP contribution in [0.25, 0.3) is 0 Å². The third-order valence-electron chi connectivity index (χ3n) is 5.48. The summed E-state index contributed by atoms with van der Waals surface area (Å²) in [6.07, 6.45) is 1.98. The van der Waals surface area contributed by atoms with E-state index in [0.717, 1.165) is 28.6 Å². The quantitative estimate of drug-likeness (QED) is 0.349. The Bertz CT molecular complexity index is 1150. The second-order valence-corrected chi connectivity index (χ2v) is 10.1. The molecule has 0 aliphatic rings. The first-order valence-corrected chi connectivity index (χ1v) is 13.2. The van der Waals surface area contributed by atoms with E-state index in [1.807, 2.05) is 37.3 Å². The number of anilines is 1. The maximum absolute atomic E-state index is 13.6. The first-order valence-electron chi connectivity index (χ1n) is 11.3. The summed E-state index contributed by atoms with van der Waals surface area (Å²) in [4.78, 5) is 38.5. The molecule has 0 radical (unpaired) electrons. The molecule has 0 bridgehead atoms. The Morgan fingerprint density at radius 1 is 1.11 bits per heavy atom. The van der Waals surface area contributed by atoms with Gasteiger partial charge in [0.25, 0.3) is 5.69 Å². The van der Waals surface area contributed by atoms with Crippen molar-refractivity contribution in [2.75, 3.05) is 23.7 Å². The fourth-order valence-electron chi connectivity index (χ4n) is 3.64. The van der Waals surface area contributed by atoms with Gasteiger partial charge in [-0.2, -0.15) is 0 Å². The van der Waals surface area contributed by atoms with E-state index < -0.39 is 33.4 Å². The third kappa shape index (κ3) is 7.51. The highest BCUT2D eigenvalue weighted by Crippen LogP contribution is 2.28. The van der Waals surface area contributed by atoms with E-state index in [4.69, 9.17) is 0 Å². The highest BCUT2D eigenvalue weighted by molar-refractivity contribution is 7.92. The summed E-state index contributed by atoms with van der Waals surface area (Å²) >= 11 is 0. The molecule has 10 nitrogen and oxygen atoms in total. The molecule has 0 saturated carbocycles. The van der Waals surface area contributed by atoms with Crippen LogP contribution < -0.4 is 9.62 Å². The molecule has 11 heteroatoms. The maximum Gasteiger partial charge on any atom is 0.271 e. The SMILES string of the molecule is CCCNC(=O)[C@H](CC)N(Cc1ccccc1)C(=O)CN(c1cc([N+](=O)[O-])ccc1C)S(C)(=O)=O. The van der Waals surface area contributed by atoms with E-state index in [-0.39, 0.29) is 23.8 Å². The molecule has 0 aliphatic heterocycles. The van der Waals surface area contributed by atoms with Gasteiger partial charge in [0.05, 0.1) is 16.9 Å². The van der Waals surface area contributed by atoms with E-state index in [1.165, 1.54) is 17.0 Å². The number of rotatable bonds is 12. The second kappa shape index (κ2) is 12.3.